The zero-order chi connectivity index (χ0) is 11.9. The Balaban J connectivity index is 2.28. The predicted molar refractivity (Wildman–Crippen MR) is 66.6 cm³/mol. The molecule has 16 heavy (non-hydrogen) atoms. The smallest absolute Gasteiger partial charge is 0.0771 e. The van der Waals surface area contributed by atoms with Crippen LogP contribution in [-0.4, -0.2) is 37.0 Å². The molecule has 1 rings (SSSR count). The number of nitrogens with one attached hydrogen (secondary N) is 1. The Labute approximate surface area is 99.6 Å². The molecule has 0 saturated heterocycles. The fraction of sp³-hybridized carbons (Fsp3) is 1.00. The highest BCUT2D eigenvalue weighted by atomic mass is 16.5. The summed E-state index contributed by atoms with van der Waals surface area (Å²) in [6.07, 6.45) is 7.78. The molecule has 3 heteroatoms. The Morgan fingerprint density at radius 2 is 2.00 bits per heavy atom. The van der Waals surface area contributed by atoms with Gasteiger partial charge in [-0.1, -0.05) is 32.6 Å². The Morgan fingerprint density at radius 1 is 1.31 bits per heavy atom. The third kappa shape index (κ3) is 4.81. The largest absolute Gasteiger partial charge is 0.389 e. The Morgan fingerprint density at radius 3 is 2.56 bits per heavy atom. The second kappa shape index (κ2) is 7.25. The van der Waals surface area contributed by atoms with Crippen molar-refractivity contribution in [1.29, 1.82) is 0 Å². The van der Waals surface area contributed by atoms with Crippen molar-refractivity contribution in [2.75, 3.05) is 20.3 Å². The SMILES string of the molecule is CCCC(COC)NCC1(O)CCCCC1. The first-order valence-corrected chi connectivity index (χ1v) is 6.65. The monoisotopic (exact) mass is 229 g/mol. The van der Waals surface area contributed by atoms with Gasteiger partial charge in [-0.3, -0.25) is 0 Å². The minimum absolute atomic E-state index is 0.390. The average molecular weight is 229 g/mol. The maximum atomic E-state index is 10.4. The van der Waals surface area contributed by atoms with E-state index in [1.807, 2.05) is 0 Å². The summed E-state index contributed by atoms with van der Waals surface area (Å²) >= 11 is 0. The van der Waals surface area contributed by atoms with E-state index < -0.39 is 5.60 Å². The van der Waals surface area contributed by atoms with Crippen molar-refractivity contribution in [3.63, 3.8) is 0 Å². The van der Waals surface area contributed by atoms with E-state index in [1.54, 1.807) is 7.11 Å². The maximum absolute atomic E-state index is 10.4. The van der Waals surface area contributed by atoms with E-state index in [0.29, 0.717) is 6.04 Å². The molecule has 0 aromatic heterocycles. The minimum atomic E-state index is -0.460. The van der Waals surface area contributed by atoms with Crippen LogP contribution in [0, 0.1) is 0 Å². The van der Waals surface area contributed by atoms with Gasteiger partial charge >= 0.3 is 0 Å². The van der Waals surface area contributed by atoms with Crippen LogP contribution in [-0.2, 0) is 4.74 Å². The van der Waals surface area contributed by atoms with Crippen molar-refractivity contribution in [3.8, 4) is 0 Å². The summed E-state index contributed by atoms with van der Waals surface area (Å²) in [7, 11) is 1.74. The Bertz CT molecular complexity index is 173. The number of hydrogen-bond donors (Lipinski definition) is 2. The van der Waals surface area contributed by atoms with E-state index in [1.165, 1.54) is 19.3 Å². The molecule has 1 fully saturated rings. The van der Waals surface area contributed by atoms with Gasteiger partial charge in [0.2, 0.25) is 0 Å². The average Bonchev–Trinajstić information content (AvgIpc) is 2.28. The van der Waals surface area contributed by atoms with Crippen molar-refractivity contribution < 1.29 is 9.84 Å². The van der Waals surface area contributed by atoms with Crippen LogP contribution in [0.3, 0.4) is 0 Å². The molecule has 0 radical (unpaired) electrons. The number of rotatable bonds is 7. The summed E-state index contributed by atoms with van der Waals surface area (Å²) in [5, 5.41) is 13.8. The highest BCUT2D eigenvalue weighted by molar-refractivity contribution is 4.85. The molecule has 96 valence electrons. The third-order valence-electron chi connectivity index (χ3n) is 3.51. The first-order valence-electron chi connectivity index (χ1n) is 6.65. The number of methoxy groups -OCH3 is 1. The molecule has 0 aromatic rings. The molecular formula is C13H27NO2. The van der Waals surface area contributed by atoms with Crippen molar-refractivity contribution in [2.24, 2.45) is 0 Å². The quantitative estimate of drug-likeness (QED) is 0.702. The number of aliphatic hydroxyl groups is 1. The molecule has 0 aromatic carbocycles. The number of hydrogen-bond acceptors (Lipinski definition) is 3. The van der Waals surface area contributed by atoms with E-state index in [4.69, 9.17) is 4.74 Å². The molecule has 0 heterocycles. The van der Waals surface area contributed by atoms with Crippen molar-refractivity contribution >= 4 is 0 Å². The van der Waals surface area contributed by atoms with Gasteiger partial charge in [0.1, 0.15) is 0 Å². The minimum Gasteiger partial charge on any atom is -0.389 e. The lowest BCUT2D eigenvalue weighted by molar-refractivity contribution is -0.0000906. The Hall–Kier alpha value is -0.120. The van der Waals surface area contributed by atoms with Crippen molar-refractivity contribution in [2.45, 2.75) is 63.5 Å². The summed E-state index contributed by atoms with van der Waals surface area (Å²) in [4.78, 5) is 0. The fourth-order valence-electron chi connectivity index (χ4n) is 2.51. The van der Waals surface area contributed by atoms with Gasteiger partial charge in [-0.15, -0.1) is 0 Å². The van der Waals surface area contributed by atoms with Crippen molar-refractivity contribution in [3.05, 3.63) is 0 Å². The Kier molecular flexibility index (Phi) is 6.32. The zero-order valence-corrected chi connectivity index (χ0v) is 10.8. The van der Waals surface area contributed by atoms with Crippen LogP contribution in [0.25, 0.3) is 0 Å². The van der Waals surface area contributed by atoms with Gasteiger partial charge in [-0.25, -0.2) is 0 Å². The van der Waals surface area contributed by atoms with Gasteiger partial charge in [0.05, 0.1) is 12.2 Å². The van der Waals surface area contributed by atoms with E-state index in [-0.39, 0.29) is 0 Å². The van der Waals surface area contributed by atoms with Crippen molar-refractivity contribution in [1.82, 2.24) is 5.32 Å². The van der Waals surface area contributed by atoms with Crippen LogP contribution in [0.5, 0.6) is 0 Å². The predicted octanol–water partition coefficient (Wildman–Crippen LogP) is 2.09. The summed E-state index contributed by atoms with van der Waals surface area (Å²) in [6.45, 7) is 3.64. The molecule has 1 aliphatic rings. The van der Waals surface area contributed by atoms with E-state index in [0.717, 1.165) is 38.8 Å². The van der Waals surface area contributed by atoms with Crippen LogP contribution in [0.15, 0.2) is 0 Å². The van der Waals surface area contributed by atoms with Crippen LogP contribution in [0.2, 0.25) is 0 Å². The highest BCUT2D eigenvalue weighted by Crippen LogP contribution is 2.27. The van der Waals surface area contributed by atoms with Crippen LogP contribution in [0.1, 0.15) is 51.9 Å². The second-order valence-electron chi connectivity index (χ2n) is 5.11. The molecule has 1 unspecified atom stereocenters. The molecule has 1 atom stereocenters. The molecular weight excluding hydrogens is 202 g/mol. The highest BCUT2D eigenvalue weighted by Gasteiger charge is 2.29. The molecule has 1 saturated carbocycles. The van der Waals surface area contributed by atoms with Crippen LogP contribution >= 0.6 is 0 Å². The first-order chi connectivity index (χ1) is 7.70. The molecule has 0 aliphatic heterocycles. The number of ether oxygens (including phenoxy) is 1. The summed E-state index contributed by atoms with van der Waals surface area (Å²) < 4.78 is 5.19. The second-order valence-corrected chi connectivity index (χ2v) is 5.11. The molecule has 0 spiro atoms. The lowest BCUT2D eigenvalue weighted by atomic mass is 9.84. The summed E-state index contributed by atoms with van der Waals surface area (Å²) in [5.74, 6) is 0. The van der Waals surface area contributed by atoms with Gasteiger partial charge in [-0.2, -0.15) is 0 Å². The molecule has 3 nitrogen and oxygen atoms in total. The lowest BCUT2D eigenvalue weighted by Crippen LogP contribution is -2.46. The van der Waals surface area contributed by atoms with E-state index in [9.17, 15) is 5.11 Å². The molecule has 2 N–H and O–H groups in total. The van der Waals surface area contributed by atoms with Gasteiger partial charge in [-0.05, 0) is 19.3 Å². The molecule has 1 aliphatic carbocycles. The summed E-state index contributed by atoms with van der Waals surface area (Å²) in [5.41, 5.74) is -0.460. The lowest BCUT2D eigenvalue weighted by Gasteiger charge is -2.33. The third-order valence-corrected chi connectivity index (χ3v) is 3.51. The van der Waals surface area contributed by atoms with Gasteiger partial charge in [0.15, 0.2) is 0 Å². The topological polar surface area (TPSA) is 41.5 Å². The molecule has 0 bridgehead atoms. The maximum Gasteiger partial charge on any atom is 0.0771 e. The van der Waals surface area contributed by atoms with Crippen LogP contribution in [0.4, 0.5) is 0 Å². The van der Waals surface area contributed by atoms with Crippen LogP contribution < -0.4 is 5.32 Å². The van der Waals surface area contributed by atoms with Gasteiger partial charge in [0.25, 0.3) is 0 Å². The standard InChI is InChI=1S/C13H27NO2/c1-3-7-12(10-16-2)14-11-13(15)8-5-4-6-9-13/h12,14-15H,3-11H2,1-2H3. The normalized spacial score (nSPS) is 21.9. The van der Waals surface area contributed by atoms with E-state index >= 15 is 0 Å². The molecule has 0 amide bonds. The van der Waals surface area contributed by atoms with Gasteiger partial charge < -0.3 is 15.2 Å². The summed E-state index contributed by atoms with van der Waals surface area (Å²) in [6, 6.07) is 0.390. The first kappa shape index (κ1) is 13.9. The fourth-order valence-corrected chi connectivity index (χ4v) is 2.51. The zero-order valence-electron chi connectivity index (χ0n) is 10.8. The van der Waals surface area contributed by atoms with E-state index in [2.05, 4.69) is 12.2 Å². The van der Waals surface area contributed by atoms with Gasteiger partial charge in [0, 0.05) is 19.7 Å².